The van der Waals surface area contributed by atoms with Crippen molar-refractivity contribution in [1.29, 1.82) is 0 Å². The predicted molar refractivity (Wildman–Crippen MR) is 48.1 cm³/mol. The Bertz CT molecular complexity index is 254. The Morgan fingerprint density at radius 1 is 1.25 bits per heavy atom. The maximum absolute atomic E-state index is 5.27. The molecular formula is C9H12N2O. The normalized spacial score (nSPS) is 10.5. The molecule has 0 saturated heterocycles. The zero-order chi connectivity index (χ0) is 8.81. The van der Waals surface area contributed by atoms with E-state index >= 15 is 0 Å². The lowest BCUT2D eigenvalue weighted by atomic mass is 10.3. The van der Waals surface area contributed by atoms with Crippen molar-refractivity contribution in [3.8, 4) is 5.75 Å². The number of benzene rings is 1. The molecule has 0 amide bonds. The number of ether oxygens (including phenoxy) is 1. The average molecular weight is 164 g/mol. The zero-order valence-corrected chi connectivity index (χ0v) is 7.32. The SMILES string of the molecule is CCOc1ccc(/N=N/C)cc1. The molecule has 0 unspecified atom stereocenters. The molecule has 0 radical (unpaired) electrons. The first-order valence-corrected chi connectivity index (χ1v) is 3.89. The van der Waals surface area contributed by atoms with Gasteiger partial charge in [0.25, 0.3) is 0 Å². The Balaban J connectivity index is 2.71. The molecule has 0 saturated carbocycles. The van der Waals surface area contributed by atoms with Crippen LogP contribution in [-0.4, -0.2) is 13.7 Å². The fourth-order valence-electron chi connectivity index (χ4n) is 0.891. The highest BCUT2D eigenvalue weighted by Crippen LogP contribution is 2.17. The van der Waals surface area contributed by atoms with E-state index in [0.717, 1.165) is 11.4 Å². The predicted octanol–water partition coefficient (Wildman–Crippen LogP) is 2.80. The van der Waals surface area contributed by atoms with Crippen LogP contribution in [0, 0.1) is 0 Å². The van der Waals surface area contributed by atoms with Gasteiger partial charge in [0, 0.05) is 7.05 Å². The Labute approximate surface area is 72.1 Å². The van der Waals surface area contributed by atoms with E-state index in [4.69, 9.17) is 4.74 Å². The third-order valence-corrected chi connectivity index (χ3v) is 1.36. The zero-order valence-electron chi connectivity index (χ0n) is 7.32. The topological polar surface area (TPSA) is 34.0 Å². The summed E-state index contributed by atoms with van der Waals surface area (Å²) in [4.78, 5) is 0. The maximum Gasteiger partial charge on any atom is 0.119 e. The number of rotatable bonds is 3. The molecule has 1 rings (SSSR count). The monoisotopic (exact) mass is 164 g/mol. The smallest absolute Gasteiger partial charge is 0.119 e. The highest BCUT2D eigenvalue weighted by Gasteiger charge is 1.91. The van der Waals surface area contributed by atoms with E-state index in [1.165, 1.54) is 0 Å². The molecule has 64 valence electrons. The van der Waals surface area contributed by atoms with Gasteiger partial charge >= 0.3 is 0 Å². The Kier molecular flexibility index (Phi) is 3.26. The van der Waals surface area contributed by atoms with Crippen molar-refractivity contribution >= 4 is 5.69 Å². The van der Waals surface area contributed by atoms with Gasteiger partial charge in [-0.1, -0.05) is 0 Å². The molecule has 0 heterocycles. The van der Waals surface area contributed by atoms with Crippen LogP contribution < -0.4 is 4.74 Å². The summed E-state index contributed by atoms with van der Waals surface area (Å²) in [6.45, 7) is 2.65. The van der Waals surface area contributed by atoms with Gasteiger partial charge in [-0.2, -0.15) is 10.2 Å². The van der Waals surface area contributed by atoms with E-state index in [-0.39, 0.29) is 0 Å². The van der Waals surface area contributed by atoms with E-state index in [9.17, 15) is 0 Å². The molecule has 0 aliphatic rings. The van der Waals surface area contributed by atoms with E-state index in [2.05, 4.69) is 10.2 Å². The lowest BCUT2D eigenvalue weighted by molar-refractivity contribution is 0.340. The molecule has 3 nitrogen and oxygen atoms in total. The largest absolute Gasteiger partial charge is 0.494 e. The fraction of sp³-hybridized carbons (Fsp3) is 0.333. The van der Waals surface area contributed by atoms with E-state index < -0.39 is 0 Å². The first kappa shape index (κ1) is 8.71. The second-order valence-corrected chi connectivity index (χ2v) is 2.23. The summed E-state index contributed by atoms with van der Waals surface area (Å²) in [5.74, 6) is 0.868. The minimum absolute atomic E-state index is 0.689. The van der Waals surface area contributed by atoms with Crippen LogP contribution in [0.1, 0.15) is 6.92 Å². The summed E-state index contributed by atoms with van der Waals surface area (Å²) in [6, 6.07) is 7.51. The molecule has 0 N–H and O–H groups in total. The second kappa shape index (κ2) is 4.49. The summed E-state index contributed by atoms with van der Waals surface area (Å²) in [6.07, 6.45) is 0. The molecule has 0 aromatic heterocycles. The van der Waals surface area contributed by atoms with Crippen molar-refractivity contribution in [3.05, 3.63) is 24.3 Å². The van der Waals surface area contributed by atoms with Crippen molar-refractivity contribution in [3.63, 3.8) is 0 Å². The molecule has 12 heavy (non-hydrogen) atoms. The number of nitrogens with zero attached hydrogens (tertiary/aromatic N) is 2. The molecule has 0 fully saturated rings. The first-order chi connectivity index (χ1) is 5.86. The second-order valence-electron chi connectivity index (χ2n) is 2.23. The minimum Gasteiger partial charge on any atom is -0.494 e. The number of azo groups is 1. The lowest BCUT2D eigenvalue weighted by Crippen LogP contribution is -1.89. The Morgan fingerprint density at radius 2 is 1.92 bits per heavy atom. The van der Waals surface area contributed by atoms with Crippen molar-refractivity contribution in [2.45, 2.75) is 6.92 Å². The van der Waals surface area contributed by atoms with Crippen molar-refractivity contribution in [2.24, 2.45) is 10.2 Å². The van der Waals surface area contributed by atoms with Gasteiger partial charge in [-0.05, 0) is 31.2 Å². The van der Waals surface area contributed by atoms with Crippen molar-refractivity contribution in [1.82, 2.24) is 0 Å². The van der Waals surface area contributed by atoms with Crippen LogP contribution >= 0.6 is 0 Å². The van der Waals surface area contributed by atoms with Gasteiger partial charge in [0.15, 0.2) is 0 Å². The molecule has 0 bridgehead atoms. The standard InChI is InChI=1S/C9H12N2O/c1-3-12-9-6-4-8(5-7-9)11-10-2/h4-7H,3H2,1-2H3/b11-10+. The van der Waals surface area contributed by atoms with Gasteiger partial charge in [-0.25, -0.2) is 0 Å². The summed E-state index contributed by atoms with van der Waals surface area (Å²) in [5, 5.41) is 7.54. The molecule has 0 aliphatic heterocycles. The van der Waals surface area contributed by atoms with Crippen LogP contribution in [0.3, 0.4) is 0 Å². The van der Waals surface area contributed by atoms with Crippen LogP contribution in [0.25, 0.3) is 0 Å². The van der Waals surface area contributed by atoms with E-state index in [0.29, 0.717) is 6.61 Å². The van der Waals surface area contributed by atoms with Crippen LogP contribution in [0.5, 0.6) is 5.75 Å². The lowest BCUT2D eigenvalue weighted by Gasteiger charge is -2.01. The van der Waals surface area contributed by atoms with E-state index in [1.54, 1.807) is 7.05 Å². The van der Waals surface area contributed by atoms with Gasteiger partial charge in [-0.15, -0.1) is 0 Å². The number of hydrogen-bond donors (Lipinski definition) is 0. The summed E-state index contributed by atoms with van der Waals surface area (Å²) in [5.41, 5.74) is 0.848. The van der Waals surface area contributed by atoms with Crippen LogP contribution in [0.15, 0.2) is 34.5 Å². The van der Waals surface area contributed by atoms with E-state index in [1.807, 2.05) is 31.2 Å². The van der Waals surface area contributed by atoms with Gasteiger partial charge < -0.3 is 4.74 Å². The highest BCUT2D eigenvalue weighted by molar-refractivity contribution is 5.40. The fourth-order valence-corrected chi connectivity index (χ4v) is 0.891. The third-order valence-electron chi connectivity index (χ3n) is 1.36. The van der Waals surface area contributed by atoms with Gasteiger partial charge in [0.1, 0.15) is 5.75 Å². The third kappa shape index (κ3) is 2.34. The molecule has 3 heteroatoms. The van der Waals surface area contributed by atoms with Crippen LogP contribution in [0.2, 0.25) is 0 Å². The summed E-state index contributed by atoms with van der Waals surface area (Å²) < 4.78 is 5.27. The average Bonchev–Trinajstić information content (AvgIpc) is 2.09. The minimum atomic E-state index is 0.689. The molecular weight excluding hydrogens is 152 g/mol. The molecule has 0 aliphatic carbocycles. The van der Waals surface area contributed by atoms with Gasteiger partial charge in [-0.3, -0.25) is 0 Å². The molecule has 1 aromatic rings. The summed E-state index contributed by atoms with van der Waals surface area (Å²) >= 11 is 0. The molecule has 0 spiro atoms. The van der Waals surface area contributed by atoms with Gasteiger partial charge in [0.2, 0.25) is 0 Å². The van der Waals surface area contributed by atoms with Crippen molar-refractivity contribution in [2.75, 3.05) is 13.7 Å². The Morgan fingerprint density at radius 3 is 2.42 bits per heavy atom. The maximum atomic E-state index is 5.27. The molecule has 0 atom stereocenters. The van der Waals surface area contributed by atoms with Crippen molar-refractivity contribution < 1.29 is 4.74 Å². The quantitative estimate of drug-likeness (QED) is 0.632. The summed E-state index contributed by atoms with van der Waals surface area (Å²) in [7, 11) is 1.65. The molecule has 1 aromatic carbocycles. The Hall–Kier alpha value is -1.38. The highest BCUT2D eigenvalue weighted by atomic mass is 16.5. The van der Waals surface area contributed by atoms with Crippen LogP contribution in [0.4, 0.5) is 5.69 Å². The first-order valence-electron chi connectivity index (χ1n) is 3.89. The van der Waals surface area contributed by atoms with Crippen LogP contribution in [-0.2, 0) is 0 Å². The number of hydrogen-bond acceptors (Lipinski definition) is 3. The van der Waals surface area contributed by atoms with Gasteiger partial charge in [0.05, 0.1) is 12.3 Å².